The summed E-state index contributed by atoms with van der Waals surface area (Å²) in [6, 6.07) is 3.96. The highest BCUT2D eigenvalue weighted by Crippen LogP contribution is 2.39. The number of hydrogen-bond donors (Lipinski definition) is 1. The van der Waals surface area contributed by atoms with Gasteiger partial charge in [0.25, 0.3) is 0 Å². The summed E-state index contributed by atoms with van der Waals surface area (Å²) < 4.78 is 0. The third-order valence-corrected chi connectivity index (χ3v) is 6.09. The van der Waals surface area contributed by atoms with E-state index < -0.39 is 0 Å². The van der Waals surface area contributed by atoms with E-state index in [4.69, 9.17) is 0 Å². The number of Topliss-reactive ketones (excluding diaryl/α,β-unsaturated/α-hetero) is 1. The lowest BCUT2D eigenvalue weighted by atomic mass is 10.2. The van der Waals surface area contributed by atoms with Crippen molar-refractivity contribution in [2.45, 2.75) is 50.6 Å². The quantitative estimate of drug-likeness (QED) is 0.451. The average Bonchev–Trinajstić information content (AvgIpc) is 3.26. The molecule has 0 bridgehead atoms. The number of rotatable bonds is 7. The number of nitrogens with zero attached hydrogens (tertiary/aromatic N) is 2. The Hall–Kier alpha value is -1.73. The Kier molecular flexibility index (Phi) is 5.54. The first-order chi connectivity index (χ1) is 12.0. The molecule has 2 heterocycles. The summed E-state index contributed by atoms with van der Waals surface area (Å²) >= 11 is 2.94. The van der Waals surface area contributed by atoms with E-state index >= 15 is 0 Å². The van der Waals surface area contributed by atoms with Crippen LogP contribution < -0.4 is 5.32 Å². The van der Waals surface area contributed by atoms with Crippen LogP contribution in [0.3, 0.4) is 0 Å². The second-order valence-electron chi connectivity index (χ2n) is 6.27. The van der Waals surface area contributed by atoms with Crippen molar-refractivity contribution in [3.8, 4) is 0 Å². The number of thiophene rings is 1. The molecule has 25 heavy (non-hydrogen) atoms. The van der Waals surface area contributed by atoms with Crippen LogP contribution in [0.2, 0.25) is 0 Å². The molecule has 0 unspecified atom stereocenters. The number of hydrogen-bond acceptors (Lipinski definition) is 6. The summed E-state index contributed by atoms with van der Waals surface area (Å²) in [4.78, 5) is 34.4. The smallest absolute Gasteiger partial charge is 0.230 e. The van der Waals surface area contributed by atoms with Gasteiger partial charge in [0.1, 0.15) is 10.9 Å². The van der Waals surface area contributed by atoms with Crippen molar-refractivity contribution in [1.82, 2.24) is 15.3 Å². The molecule has 1 N–H and O–H groups in total. The molecular formula is C18H21N3O2S2. The molecule has 0 radical (unpaired) electrons. The molecule has 1 amide bonds. The van der Waals surface area contributed by atoms with Crippen LogP contribution >= 0.6 is 23.1 Å². The van der Waals surface area contributed by atoms with Crippen LogP contribution in [-0.2, 0) is 4.79 Å². The maximum Gasteiger partial charge on any atom is 0.230 e. The molecular weight excluding hydrogens is 354 g/mol. The van der Waals surface area contributed by atoms with Crippen molar-refractivity contribution in [2.24, 2.45) is 0 Å². The molecule has 5 nitrogen and oxygen atoms in total. The molecule has 1 aliphatic carbocycles. The predicted octanol–water partition coefficient (Wildman–Crippen LogP) is 3.90. The van der Waals surface area contributed by atoms with E-state index in [0.29, 0.717) is 22.2 Å². The van der Waals surface area contributed by atoms with Gasteiger partial charge in [-0.15, -0.1) is 11.3 Å². The zero-order chi connectivity index (χ0) is 18.0. The van der Waals surface area contributed by atoms with Gasteiger partial charge >= 0.3 is 0 Å². The Balaban J connectivity index is 1.69. The Morgan fingerprint density at radius 3 is 2.76 bits per heavy atom. The summed E-state index contributed by atoms with van der Waals surface area (Å²) in [6.45, 7) is 5.33. The third-order valence-electron chi connectivity index (χ3n) is 4.06. The van der Waals surface area contributed by atoms with E-state index in [0.717, 1.165) is 23.5 Å². The van der Waals surface area contributed by atoms with Gasteiger partial charge in [0.2, 0.25) is 5.91 Å². The van der Waals surface area contributed by atoms with Crippen molar-refractivity contribution < 1.29 is 9.59 Å². The number of aryl methyl sites for hydroxylation is 1. The maximum atomic E-state index is 12.3. The molecule has 2 aromatic heterocycles. The van der Waals surface area contributed by atoms with Gasteiger partial charge in [-0.3, -0.25) is 9.59 Å². The van der Waals surface area contributed by atoms with Gasteiger partial charge in [-0.2, -0.15) is 0 Å². The molecule has 7 heteroatoms. The second kappa shape index (κ2) is 7.66. The standard InChI is InChI=1S/C18H21N3O2S2/c1-10(14-5-4-8-24-14)19-15(23)9-25-18-16(12(3)22)11(2)20-17(21-18)13-6-7-13/h4-5,8,10,13H,6-7,9H2,1-3H3,(H,19,23)/t10-/m0/s1. The van der Waals surface area contributed by atoms with Crippen LogP contribution in [0.15, 0.2) is 22.5 Å². The highest BCUT2D eigenvalue weighted by molar-refractivity contribution is 8.00. The highest BCUT2D eigenvalue weighted by Gasteiger charge is 2.29. The van der Waals surface area contributed by atoms with E-state index in [1.807, 2.05) is 31.4 Å². The van der Waals surface area contributed by atoms with Crippen LogP contribution in [0.25, 0.3) is 0 Å². The summed E-state index contributed by atoms with van der Waals surface area (Å²) in [5.74, 6) is 1.32. The average molecular weight is 376 g/mol. The minimum Gasteiger partial charge on any atom is -0.348 e. The van der Waals surface area contributed by atoms with E-state index in [1.165, 1.54) is 18.7 Å². The van der Waals surface area contributed by atoms with Crippen LogP contribution in [0.1, 0.15) is 65.4 Å². The molecule has 0 saturated heterocycles. The van der Waals surface area contributed by atoms with Crippen LogP contribution in [0.5, 0.6) is 0 Å². The van der Waals surface area contributed by atoms with E-state index in [-0.39, 0.29) is 23.5 Å². The highest BCUT2D eigenvalue weighted by atomic mass is 32.2. The molecule has 1 fully saturated rings. The van der Waals surface area contributed by atoms with Crippen LogP contribution in [0.4, 0.5) is 0 Å². The fourth-order valence-electron chi connectivity index (χ4n) is 2.63. The van der Waals surface area contributed by atoms with Gasteiger partial charge in [-0.25, -0.2) is 9.97 Å². The second-order valence-corrected chi connectivity index (χ2v) is 8.21. The number of ketones is 1. The summed E-state index contributed by atoms with van der Waals surface area (Å²) in [5, 5.41) is 5.61. The third kappa shape index (κ3) is 4.46. The summed E-state index contributed by atoms with van der Waals surface area (Å²) in [6.07, 6.45) is 2.20. The van der Waals surface area contributed by atoms with E-state index in [2.05, 4.69) is 15.3 Å². The lowest BCUT2D eigenvalue weighted by Gasteiger charge is -2.13. The molecule has 132 valence electrons. The first-order valence-corrected chi connectivity index (χ1v) is 10.2. The van der Waals surface area contributed by atoms with Gasteiger partial charge in [0, 0.05) is 10.8 Å². The molecule has 2 aromatic rings. The first kappa shape index (κ1) is 18.1. The Bertz CT molecular complexity index is 786. The van der Waals surface area contributed by atoms with Crippen LogP contribution in [-0.4, -0.2) is 27.4 Å². The Morgan fingerprint density at radius 2 is 2.16 bits per heavy atom. The predicted molar refractivity (Wildman–Crippen MR) is 100 cm³/mol. The fourth-order valence-corrected chi connectivity index (χ4v) is 4.31. The molecule has 1 saturated carbocycles. The SMILES string of the molecule is CC(=O)c1c(C)nc(C2CC2)nc1SCC(=O)N[C@@H](C)c1cccs1. The van der Waals surface area contributed by atoms with Crippen molar-refractivity contribution in [3.05, 3.63) is 39.5 Å². The topological polar surface area (TPSA) is 72.0 Å². The van der Waals surface area contributed by atoms with Crippen molar-refractivity contribution in [1.29, 1.82) is 0 Å². The first-order valence-electron chi connectivity index (χ1n) is 8.30. The lowest BCUT2D eigenvalue weighted by molar-refractivity contribution is -0.119. The molecule has 0 aliphatic heterocycles. The number of nitrogens with one attached hydrogen (secondary N) is 1. The van der Waals surface area contributed by atoms with Crippen LogP contribution in [0, 0.1) is 6.92 Å². The van der Waals surface area contributed by atoms with Gasteiger partial charge < -0.3 is 5.32 Å². The molecule has 1 atom stereocenters. The zero-order valence-corrected chi connectivity index (χ0v) is 16.2. The van der Waals surface area contributed by atoms with Crippen molar-refractivity contribution in [3.63, 3.8) is 0 Å². The minimum atomic E-state index is -0.0651. The van der Waals surface area contributed by atoms with Crippen molar-refractivity contribution >= 4 is 34.8 Å². The number of thioether (sulfide) groups is 1. The molecule has 0 spiro atoms. The normalized spacial score (nSPS) is 15.0. The van der Waals surface area contributed by atoms with Gasteiger partial charge in [0.15, 0.2) is 5.78 Å². The monoisotopic (exact) mass is 375 g/mol. The van der Waals surface area contributed by atoms with Gasteiger partial charge in [-0.1, -0.05) is 17.8 Å². The van der Waals surface area contributed by atoms with E-state index in [1.54, 1.807) is 11.3 Å². The number of amides is 1. The number of aromatic nitrogens is 2. The zero-order valence-electron chi connectivity index (χ0n) is 14.5. The number of carbonyl (C=O) groups excluding carboxylic acids is 2. The van der Waals surface area contributed by atoms with E-state index in [9.17, 15) is 9.59 Å². The molecule has 3 rings (SSSR count). The van der Waals surface area contributed by atoms with Crippen molar-refractivity contribution in [2.75, 3.05) is 5.75 Å². The Labute approximate surface area is 155 Å². The lowest BCUT2D eigenvalue weighted by Crippen LogP contribution is -2.27. The minimum absolute atomic E-state index is 0.0189. The number of carbonyl (C=O) groups is 2. The maximum absolute atomic E-state index is 12.3. The molecule has 1 aliphatic rings. The van der Waals surface area contributed by atoms with Gasteiger partial charge in [0.05, 0.1) is 23.1 Å². The molecule has 0 aromatic carbocycles. The largest absolute Gasteiger partial charge is 0.348 e. The summed E-state index contributed by atoms with van der Waals surface area (Å²) in [5.41, 5.74) is 1.24. The van der Waals surface area contributed by atoms with Gasteiger partial charge in [-0.05, 0) is 45.1 Å². The Morgan fingerprint density at radius 1 is 1.40 bits per heavy atom. The fraction of sp³-hybridized carbons (Fsp3) is 0.444. The summed E-state index contributed by atoms with van der Waals surface area (Å²) in [7, 11) is 0.